The molecule has 0 heterocycles. The van der Waals surface area contributed by atoms with Gasteiger partial charge in [-0.1, -0.05) is 26.7 Å². The monoisotopic (exact) mass is 392 g/mol. The van der Waals surface area contributed by atoms with Gasteiger partial charge in [0.15, 0.2) is 0 Å². The second kappa shape index (κ2) is 10.7. The standard InChI is InChI=1S/C15H28N4O4S2/c1-14(2,3)22-12(20)11(18-13(21)23-15(4,5)6)8-10(25-24-7)9-17-19-16/h10-11H,8-9H2,1-7H3,(H,18,21)/t10-,11?/m0/s1. The minimum Gasteiger partial charge on any atom is -0.458 e. The molecule has 25 heavy (non-hydrogen) atoms. The van der Waals surface area contributed by atoms with Crippen LogP contribution in [0, 0.1) is 0 Å². The van der Waals surface area contributed by atoms with Gasteiger partial charge in [0.1, 0.15) is 17.2 Å². The van der Waals surface area contributed by atoms with E-state index in [0.29, 0.717) is 0 Å². The van der Waals surface area contributed by atoms with Gasteiger partial charge in [-0.15, -0.1) is 0 Å². The molecule has 1 unspecified atom stereocenters. The topological polar surface area (TPSA) is 113 Å². The van der Waals surface area contributed by atoms with Crippen LogP contribution in [0.3, 0.4) is 0 Å². The summed E-state index contributed by atoms with van der Waals surface area (Å²) in [7, 11) is 2.97. The molecule has 0 aromatic rings. The van der Waals surface area contributed by atoms with Crippen LogP contribution in [0.5, 0.6) is 0 Å². The van der Waals surface area contributed by atoms with Crippen molar-refractivity contribution in [1.29, 1.82) is 0 Å². The van der Waals surface area contributed by atoms with Crippen LogP contribution in [0.2, 0.25) is 0 Å². The van der Waals surface area contributed by atoms with E-state index in [9.17, 15) is 9.59 Å². The van der Waals surface area contributed by atoms with Gasteiger partial charge in [0.05, 0.1) is 0 Å². The molecule has 0 saturated heterocycles. The summed E-state index contributed by atoms with van der Waals surface area (Å²) in [5.74, 6) is -0.550. The molecule has 144 valence electrons. The molecule has 8 nitrogen and oxygen atoms in total. The Kier molecular flexibility index (Phi) is 10.1. The molecule has 0 aliphatic carbocycles. The Morgan fingerprint density at radius 2 is 1.72 bits per heavy atom. The van der Waals surface area contributed by atoms with Gasteiger partial charge in [-0.25, -0.2) is 9.59 Å². The second-order valence-corrected chi connectivity index (χ2v) is 10.0. The first-order chi connectivity index (χ1) is 11.4. The van der Waals surface area contributed by atoms with E-state index >= 15 is 0 Å². The molecule has 10 heteroatoms. The summed E-state index contributed by atoms with van der Waals surface area (Å²) in [6, 6.07) is -0.896. The second-order valence-electron chi connectivity index (χ2n) is 7.27. The molecule has 0 aromatic heterocycles. The fourth-order valence-electron chi connectivity index (χ4n) is 1.71. The number of nitrogens with zero attached hydrogens (tertiary/aromatic N) is 3. The van der Waals surface area contributed by atoms with Crippen LogP contribution in [-0.4, -0.2) is 47.4 Å². The van der Waals surface area contributed by atoms with E-state index in [1.807, 2.05) is 6.26 Å². The largest absolute Gasteiger partial charge is 0.458 e. The molecule has 0 rings (SSSR count). The van der Waals surface area contributed by atoms with Crippen molar-refractivity contribution in [2.75, 3.05) is 12.8 Å². The van der Waals surface area contributed by atoms with E-state index in [1.165, 1.54) is 21.6 Å². The van der Waals surface area contributed by atoms with Crippen molar-refractivity contribution in [3.63, 3.8) is 0 Å². The molecule has 1 N–H and O–H groups in total. The van der Waals surface area contributed by atoms with Crippen LogP contribution >= 0.6 is 21.6 Å². The Bertz CT molecular complexity index is 497. The van der Waals surface area contributed by atoms with E-state index in [0.717, 1.165) is 0 Å². The van der Waals surface area contributed by atoms with Crippen LogP contribution in [0.1, 0.15) is 48.0 Å². The van der Waals surface area contributed by atoms with Crippen molar-refractivity contribution >= 4 is 33.7 Å². The van der Waals surface area contributed by atoms with Gasteiger partial charge < -0.3 is 14.8 Å². The summed E-state index contributed by atoms with van der Waals surface area (Å²) in [6.07, 6.45) is 1.45. The highest BCUT2D eigenvalue weighted by molar-refractivity contribution is 8.76. The fourth-order valence-corrected chi connectivity index (χ4v) is 3.61. The molecule has 0 bridgehead atoms. The van der Waals surface area contributed by atoms with Crippen molar-refractivity contribution < 1.29 is 19.1 Å². The number of alkyl carbamates (subject to hydrolysis) is 1. The Hall–Kier alpha value is -1.25. The maximum atomic E-state index is 12.5. The van der Waals surface area contributed by atoms with Crippen molar-refractivity contribution in [2.24, 2.45) is 5.11 Å². The molecule has 0 radical (unpaired) electrons. The molecule has 1 amide bonds. The molecule has 0 aliphatic rings. The van der Waals surface area contributed by atoms with Gasteiger partial charge in [0.25, 0.3) is 0 Å². The van der Waals surface area contributed by atoms with E-state index in [4.69, 9.17) is 15.0 Å². The lowest BCUT2D eigenvalue weighted by Crippen LogP contribution is -2.47. The molecular formula is C15H28N4O4S2. The van der Waals surface area contributed by atoms with Gasteiger partial charge in [-0.2, -0.15) is 0 Å². The van der Waals surface area contributed by atoms with Crippen LogP contribution in [-0.2, 0) is 14.3 Å². The smallest absolute Gasteiger partial charge is 0.408 e. The molecular weight excluding hydrogens is 364 g/mol. The third kappa shape index (κ3) is 12.7. The molecule has 2 atom stereocenters. The van der Waals surface area contributed by atoms with Crippen molar-refractivity contribution in [3.8, 4) is 0 Å². The Labute approximate surface area is 157 Å². The summed E-state index contributed by atoms with van der Waals surface area (Å²) in [6.45, 7) is 10.7. The van der Waals surface area contributed by atoms with Gasteiger partial charge in [-0.3, -0.25) is 0 Å². The molecule has 0 aromatic carbocycles. The van der Waals surface area contributed by atoms with Gasteiger partial charge in [0, 0.05) is 16.7 Å². The summed E-state index contributed by atoms with van der Waals surface area (Å²) in [4.78, 5) is 27.3. The third-order valence-corrected chi connectivity index (χ3v) is 4.66. The Morgan fingerprint density at radius 3 is 2.16 bits per heavy atom. The summed E-state index contributed by atoms with van der Waals surface area (Å²) >= 11 is 0. The number of amides is 1. The number of carbonyl (C=O) groups is 2. The summed E-state index contributed by atoms with van der Waals surface area (Å²) < 4.78 is 10.6. The summed E-state index contributed by atoms with van der Waals surface area (Å²) in [5, 5.41) is 5.98. The van der Waals surface area contributed by atoms with E-state index in [2.05, 4.69) is 15.3 Å². The average molecular weight is 393 g/mol. The Balaban J connectivity index is 5.18. The average Bonchev–Trinajstić information content (AvgIpc) is 2.40. The minimum atomic E-state index is -0.896. The first-order valence-electron chi connectivity index (χ1n) is 7.80. The van der Waals surface area contributed by atoms with Crippen LogP contribution < -0.4 is 5.32 Å². The predicted octanol–water partition coefficient (Wildman–Crippen LogP) is 4.30. The first kappa shape index (κ1) is 23.8. The number of nitrogens with one attached hydrogen (secondary N) is 1. The zero-order chi connectivity index (χ0) is 19.7. The van der Waals surface area contributed by atoms with E-state index < -0.39 is 29.3 Å². The lowest BCUT2D eigenvalue weighted by molar-refractivity contribution is -0.157. The fraction of sp³-hybridized carbons (Fsp3) is 0.867. The predicted molar refractivity (Wildman–Crippen MR) is 103 cm³/mol. The molecule has 0 fully saturated rings. The highest BCUT2D eigenvalue weighted by atomic mass is 33.1. The number of esters is 1. The molecule has 0 aliphatic heterocycles. The van der Waals surface area contributed by atoms with Crippen molar-refractivity contribution in [2.45, 2.75) is 70.5 Å². The maximum Gasteiger partial charge on any atom is 0.408 e. The van der Waals surface area contributed by atoms with Gasteiger partial charge in [0.2, 0.25) is 0 Å². The zero-order valence-corrected chi connectivity index (χ0v) is 17.5. The van der Waals surface area contributed by atoms with Crippen molar-refractivity contribution in [1.82, 2.24) is 5.32 Å². The lowest BCUT2D eigenvalue weighted by atomic mass is 10.1. The van der Waals surface area contributed by atoms with E-state index in [1.54, 1.807) is 41.5 Å². The van der Waals surface area contributed by atoms with Crippen LogP contribution in [0.25, 0.3) is 10.4 Å². The van der Waals surface area contributed by atoms with E-state index in [-0.39, 0.29) is 18.2 Å². The number of azide groups is 1. The number of rotatable bonds is 8. The summed E-state index contributed by atoms with van der Waals surface area (Å²) in [5.41, 5.74) is 7.15. The minimum absolute atomic E-state index is 0.154. The number of hydrogen-bond donors (Lipinski definition) is 1. The SMILES string of the molecule is CSS[C@H](CN=[N+]=[N-])CC(NC(=O)OC(C)(C)C)C(=O)OC(C)(C)C. The van der Waals surface area contributed by atoms with Gasteiger partial charge >= 0.3 is 12.1 Å². The van der Waals surface area contributed by atoms with Crippen molar-refractivity contribution in [3.05, 3.63) is 10.4 Å². The quantitative estimate of drug-likeness (QED) is 0.216. The normalized spacial score (nSPS) is 14.0. The number of carbonyl (C=O) groups excluding carboxylic acids is 2. The number of hydrogen-bond acceptors (Lipinski definition) is 7. The third-order valence-electron chi connectivity index (χ3n) is 2.46. The maximum absolute atomic E-state index is 12.5. The Morgan fingerprint density at radius 1 is 1.16 bits per heavy atom. The first-order valence-corrected chi connectivity index (χ1v) is 10.4. The van der Waals surface area contributed by atoms with Crippen LogP contribution in [0.15, 0.2) is 5.11 Å². The zero-order valence-electron chi connectivity index (χ0n) is 15.9. The molecule has 0 spiro atoms. The highest BCUT2D eigenvalue weighted by Crippen LogP contribution is 2.28. The highest BCUT2D eigenvalue weighted by Gasteiger charge is 2.31. The van der Waals surface area contributed by atoms with Crippen LogP contribution in [0.4, 0.5) is 4.79 Å². The molecule has 0 saturated carbocycles. The number of ether oxygens (including phenoxy) is 2. The lowest BCUT2D eigenvalue weighted by Gasteiger charge is -2.27. The van der Waals surface area contributed by atoms with Gasteiger partial charge in [-0.05, 0) is 59.8 Å².